The number of hydrogen-bond acceptors (Lipinski definition) is 21. The van der Waals surface area contributed by atoms with Gasteiger partial charge in [-0.05, 0) is 121 Å². The quantitative estimate of drug-likeness (QED) is 0.0684. The van der Waals surface area contributed by atoms with Gasteiger partial charge in [-0.25, -0.2) is 37.9 Å². The average molecular weight is 1680 g/mol. The second kappa shape index (κ2) is 53.0. The molecule has 0 aliphatic carbocycles. The van der Waals surface area contributed by atoms with Gasteiger partial charge in [0.15, 0.2) is 0 Å². The van der Waals surface area contributed by atoms with Crippen molar-refractivity contribution >= 4 is 11.6 Å². The minimum Gasteiger partial charge on any atom is -0.472 e. The van der Waals surface area contributed by atoms with Crippen LogP contribution < -0.4 is 41.7 Å². The van der Waals surface area contributed by atoms with Crippen LogP contribution in [0.1, 0.15) is 139 Å². The maximum absolute atomic E-state index is 12.2. The minimum absolute atomic E-state index is 0.171. The average Bonchev–Trinajstić information content (AvgIpc) is 1.66. The lowest BCUT2D eigenvalue weighted by Crippen LogP contribution is -2.23. The van der Waals surface area contributed by atoms with Gasteiger partial charge < -0.3 is 18.9 Å². The number of aromatic nitrogens is 25. The largest absolute Gasteiger partial charge is 0.472 e. The van der Waals surface area contributed by atoms with Gasteiger partial charge in [0.25, 0.3) is 5.88 Å². The normalized spacial score (nSPS) is 9.82. The summed E-state index contributed by atoms with van der Waals surface area (Å²) in [6, 6.07) is 70.3. The number of ether oxygens (including phenoxy) is 4. The highest BCUT2D eigenvalue weighted by Gasteiger charge is 2.19. The molecule has 0 N–H and O–H groups in total. The van der Waals surface area contributed by atoms with Crippen molar-refractivity contribution in [2.45, 2.75) is 144 Å². The molecule has 8 aromatic carbocycles. The highest BCUT2D eigenvalue weighted by Crippen LogP contribution is 2.27. The SMILES string of the molecule is CC.CC.CC.CC.CC.CC.CC.CC.Cc1cn(-c2ccccc2)nc1OCc1ccccc1-n1nnn(C)c1=O.Cn1nnn(-c2ccccc2COc2ccn(-c3ccccc3)n2)c1=O.Cn1nnn(-c2ccccc2COc2ncn(-c3ccccc3)n2)c1=O.Cn1nnn(-c2ccccc2COc2nn(-c3ccccc3)cc2Cl)c1=O. The van der Waals surface area contributed by atoms with E-state index in [1.165, 1.54) is 32.8 Å². The Hall–Kier alpha value is -14.5. The van der Waals surface area contributed by atoms with Gasteiger partial charge in [-0.15, -0.1) is 20.4 Å². The second-order valence-electron chi connectivity index (χ2n) is 23.1. The fraction of sp³-hybridized carbons (Fsp3) is 0.284. The van der Waals surface area contributed by atoms with Gasteiger partial charge in [0.1, 0.15) is 37.8 Å². The van der Waals surface area contributed by atoms with Crippen molar-refractivity contribution in [2.75, 3.05) is 0 Å². The molecule has 0 amide bonds. The van der Waals surface area contributed by atoms with Crippen molar-refractivity contribution in [3.63, 3.8) is 0 Å². The highest BCUT2D eigenvalue weighted by molar-refractivity contribution is 6.31. The third-order valence-electron chi connectivity index (χ3n) is 15.8. The second-order valence-corrected chi connectivity index (χ2v) is 23.5. The van der Waals surface area contributed by atoms with Crippen LogP contribution in [-0.2, 0) is 54.6 Å². The summed E-state index contributed by atoms with van der Waals surface area (Å²) in [7, 11) is 6.21. The molecule has 16 aromatic rings. The molecule has 0 saturated heterocycles. The molecule has 33 nitrogen and oxygen atoms in total. The molecule has 0 fully saturated rings. The molecule has 644 valence electrons. The predicted molar refractivity (Wildman–Crippen MR) is 476 cm³/mol. The van der Waals surface area contributed by atoms with E-state index >= 15 is 0 Å². The molecule has 0 unspecified atom stereocenters. The Balaban J connectivity index is 0.000000274. The lowest BCUT2D eigenvalue weighted by molar-refractivity contribution is 0.280. The number of benzene rings is 8. The van der Waals surface area contributed by atoms with Crippen molar-refractivity contribution < 1.29 is 18.9 Å². The molecule has 0 spiro atoms. The van der Waals surface area contributed by atoms with Crippen molar-refractivity contribution in [1.82, 2.24) is 123 Å². The topological polar surface area (TPSA) is 332 Å². The zero-order chi connectivity index (χ0) is 89.5. The van der Waals surface area contributed by atoms with Crippen LogP contribution in [0.15, 0.2) is 269 Å². The molecule has 0 radical (unpaired) electrons. The van der Waals surface area contributed by atoms with Crippen LogP contribution >= 0.6 is 11.6 Å². The molecule has 0 aliphatic rings. The van der Waals surface area contributed by atoms with E-state index in [0.717, 1.165) is 55.2 Å². The Morgan fingerprint density at radius 1 is 0.295 bits per heavy atom. The summed E-state index contributed by atoms with van der Waals surface area (Å²) in [5, 5.41) is 48.5. The Kier molecular flexibility index (Phi) is 42.6. The Morgan fingerprint density at radius 2 is 0.582 bits per heavy atom. The molecule has 8 aromatic heterocycles. The maximum Gasteiger partial charge on any atom is 0.368 e. The molecule has 0 aliphatic heterocycles. The van der Waals surface area contributed by atoms with E-state index in [4.69, 9.17) is 30.5 Å². The van der Waals surface area contributed by atoms with Gasteiger partial charge in [0.05, 0.1) is 51.7 Å². The minimum atomic E-state index is -0.339. The monoisotopic (exact) mass is 1680 g/mol. The number of para-hydroxylation sites is 8. The van der Waals surface area contributed by atoms with E-state index in [1.807, 2.05) is 330 Å². The number of hydrogen-bond donors (Lipinski definition) is 0. The van der Waals surface area contributed by atoms with Crippen LogP contribution in [-0.4, -0.2) is 123 Å². The Bertz CT molecular complexity index is 5500. The van der Waals surface area contributed by atoms with Gasteiger partial charge in [0, 0.05) is 74.5 Å². The van der Waals surface area contributed by atoms with Crippen LogP contribution in [0.4, 0.5) is 0 Å². The Morgan fingerprint density at radius 3 is 0.926 bits per heavy atom. The zero-order valence-corrected chi connectivity index (χ0v) is 74.1. The number of halogens is 1. The van der Waals surface area contributed by atoms with E-state index in [2.05, 4.69) is 67.1 Å². The summed E-state index contributed by atoms with van der Waals surface area (Å²) in [5.41, 5.74) is 8.92. The van der Waals surface area contributed by atoms with Crippen LogP contribution in [0, 0.1) is 6.92 Å². The molecule has 16 rings (SSSR count). The first-order valence-corrected chi connectivity index (χ1v) is 40.9. The van der Waals surface area contributed by atoms with E-state index < -0.39 is 0 Å². The molecule has 8 heterocycles. The van der Waals surface area contributed by atoms with Crippen molar-refractivity contribution in [2.24, 2.45) is 28.2 Å². The van der Waals surface area contributed by atoms with Crippen LogP contribution in [0.2, 0.25) is 5.02 Å². The van der Waals surface area contributed by atoms with Gasteiger partial charge in [-0.3, -0.25) is 0 Å². The van der Waals surface area contributed by atoms with E-state index in [9.17, 15) is 19.2 Å². The van der Waals surface area contributed by atoms with E-state index in [0.29, 0.717) is 45.4 Å². The number of aryl methyl sites for hydroxylation is 5. The van der Waals surface area contributed by atoms with Crippen molar-refractivity contribution in [3.8, 4) is 69.1 Å². The highest BCUT2D eigenvalue weighted by atomic mass is 35.5. The number of nitrogens with zero attached hydrogens (tertiary/aromatic N) is 25. The predicted octanol–water partition coefficient (Wildman–Crippen LogP) is 15.5. The molecule has 0 bridgehead atoms. The molecular formula is C88H112ClN25O8. The fourth-order valence-electron chi connectivity index (χ4n) is 10.4. The molecular weight excluding hydrogens is 1570 g/mol. The molecule has 0 atom stereocenters. The summed E-state index contributed by atoms with van der Waals surface area (Å²) in [4.78, 5) is 52.6. The van der Waals surface area contributed by atoms with Crippen molar-refractivity contribution in [3.05, 3.63) is 324 Å². The van der Waals surface area contributed by atoms with Gasteiger partial charge >= 0.3 is 28.8 Å². The van der Waals surface area contributed by atoms with E-state index in [1.54, 1.807) is 83.7 Å². The summed E-state index contributed by atoms with van der Waals surface area (Å²) < 4.78 is 39.7. The number of tetrazole rings is 4. The molecule has 122 heavy (non-hydrogen) atoms. The third-order valence-corrected chi connectivity index (χ3v) is 16.1. The lowest BCUT2D eigenvalue weighted by atomic mass is 10.2. The Labute approximate surface area is 715 Å². The van der Waals surface area contributed by atoms with Crippen LogP contribution in [0.3, 0.4) is 0 Å². The number of rotatable bonds is 20. The fourth-order valence-corrected chi connectivity index (χ4v) is 10.6. The molecule has 34 heteroatoms. The van der Waals surface area contributed by atoms with E-state index in [-0.39, 0.29) is 55.2 Å². The first-order chi connectivity index (χ1) is 59.7. The van der Waals surface area contributed by atoms with Crippen LogP contribution in [0.25, 0.3) is 45.5 Å². The zero-order valence-electron chi connectivity index (χ0n) is 73.3. The van der Waals surface area contributed by atoms with Crippen LogP contribution in [0.5, 0.6) is 23.7 Å². The standard InChI is InChI=1S/C19H18N6O2.C18H15ClN6O2.C18H16N6O2.C17H15N7O2.8C2H6/c1-14-12-24(16-9-4-3-5-10-16)20-18(14)27-13-15-8-6-7-11-17(15)25-19(26)23(2)21-22-25;1-23-18(26)25(22-21-23)16-10-6-5-7-13(16)12-27-17-15(19)11-24(20-17)14-8-3-2-4-9-14;1-22-18(25)24(21-20-22)16-10-6-5-7-14(16)13-26-17-11-12-23(19-17)15-8-3-2-4-9-15;1-22-17(25)24(21-20-22)15-10-6-5-7-13(15)11-26-16-18-12-23(19-16)14-8-3-2-4-9-14;8*1-2/h3-12H,13H2,1-2H3;2-11H,12H2,1H3;2-12H,13H2,1H3;2-10,12H,11H2,1H3;8*1-2H3. The smallest absolute Gasteiger partial charge is 0.368 e. The maximum atomic E-state index is 12.2. The van der Waals surface area contributed by atoms with Gasteiger partial charge in [0.2, 0.25) is 11.8 Å². The van der Waals surface area contributed by atoms with Gasteiger partial charge in [-0.1, -0.05) is 268 Å². The van der Waals surface area contributed by atoms with Gasteiger partial charge in [-0.2, -0.15) is 42.4 Å². The summed E-state index contributed by atoms with van der Waals surface area (Å²) in [6.45, 7) is 34.8. The third kappa shape index (κ3) is 26.8. The summed E-state index contributed by atoms with van der Waals surface area (Å²) in [6.07, 6.45) is 7.03. The first kappa shape index (κ1) is 98.1. The summed E-state index contributed by atoms with van der Waals surface area (Å²) >= 11 is 6.26. The first-order valence-electron chi connectivity index (χ1n) is 40.5. The lowest BCUT2D eigenvalue weighted by Gasteiger charge is -2.09. The van der Waals surface area contributed by atoms with Crippen molar-refractivity contribution in [1.29, 1.82) is 0 Å². The molecule has 0 saturated carbocycles. The summed E-state index contributed by atoms with van der Waals surface area (Å²) in [5.74, 6) is 1.34.